The van der Waals surface area contributed by atoms with E-state index in [-0.39, 0.29) is 33.8 Å². The van der Waals surface area contributed by atoms with Crippen LogP contribution in [0.4, 0.5) is 0 Å². The molecular formula is C22H20O7. The zero-order valence-corrected chi connectivity index (χ0v) is 16.0. The van der Waals surface area contributed by atoms with Crippen molar-refractivity contribution in [1.82, 2.24) is 0 Å². The highest BCUT2D eigenvalue weighted by molar-refractivity contribution is 6.29. The number of rotatable bonds is 3. The summed E-state index contributed by atoms with van der Waals surface area (Å²) in [5.41, 5.74) is 1.000. The molecule has 2 aromatic rings. The van der Waals surface area contributed by atoms with E-state index < -0.39 is 35.1 Å². The highest BCUT2D eigenvalue weighted by Gasteiger charge is 2.39. The van der Waals surface area contributed by atoms with Gasteiger partial charge in [-0.25, -0.2) is 0 Å². The summed E-state index contributed by atoms with van der Waals surface area (Å²) in [6.45, 7) is 1.26. The lowest BCUT2D eigenvalue weighted by atomic mass is 9.69. The summed E-state index contributed by atoms with van der Waals surface area (Å²) in [5, 5.41) is 29.6. The summed E-state index contributed by atoms with van der Waals surface area (Å²) in [6.07, 6.45) is 1.42. The third-order valence-corrected chi connectivity index (χ3v) is 6.10. The van der Waals surface area contributed by atoms with Gasteiger partial charge in [-0.1, -0.05) is 6.92 Å². The lowest BCUT2D eigenvalue weighted by Crippen LogP contribution is -2.36. The molecule has 2 aromatic carbocycles. The van der Waals surface area contributed by atoms with Crippen LogP contribution in [0.15, 0.2) is 18.2 Å². The van der Waals surface area contributed by atoms with E-state index in [9.17, 15) is 29.7 Å². The molecular weight excluding hydrogens is 376 g/mol. The fourth-order valence-electron chi connectivity index (χ4n) is 4.29. The summed E-state index contributed by atoms with van der Waals surface area (Å²) in [7, 11) is 1.28. The highest BCUT2D eigenvalue weighted by Crippen LogP contribution is 2.45. The molecule has 7 nitrogen and oxygen atoms in total. The van der Waals surface area contributed by atoms with Crippen LogP contribution in [-0.2, 0) is 17.6 Å². The third-order valence-electron chi connectivity index (χ3n) is 6.10. The van der Waals surface area contributed by atoms with Crippen molar-refractivity contribution in [1.29, 1.82) is 0 Å². The minimum Gasteiger partial charge on any atom is -0.504 e. The molecule has 0 radical (unpaired) electrons. The van der Waals surface area contributed by atoms with Crippen LogP contribution < -0.4 is 4.74 Å². The Hall–Kier alpha value is -3.19. The maximum absolute atomic E-state index is 13.1. The van der Waals surface area contributed by atoms with Gasteiger partial charge >= 0.3 is 0 Å². The number of hydrogen-bond donors (Lipinski definition) is 3. The number of aliphatic hydroxyl groups excluding tert-OH is 1. The highest BCUT2D eigenvalue weighted by atomic mass is 16.5. The van der Waals surface area contributed by atoms with Crippen molar-refractivity contribution < 1.29 is 34.4 Å². The summed E-state index contributed by atoms with van der Waals surface area (Å²) in [5.74, 6) is -2.64. The van der Waals surface area contributed by atoms with E-state index in [1.165, 1.54) is 13.2 Å². The van der Waals surface area contributed by atoms with Gasteiger partial charge < -0.3 is 20.1 Å². The molecule has 0 saturated heterocycles. The predicted molar refractivity (Wildman–Crippen MR) is 102 cm³/mol. The molecule has 0 fully saturated rings. The molecule has 0 amide bonds. The maximum Gasteiger partial charge on any atom is 0.201 e. The molecule has 0 aliphatic heterocycles. The first-order valence-electron chi connectivity index (χ1n) is 9.24. The maximum atomic E-state index is 13.1. The first-order chi connectivity index (χ1) is 13.7. The molecule has 150 valence electrons. The topological polar surface area (TPSA) is 121 Å². The van der Waals surface area contributed by atoms with Gasteiger partial charge in [-0.15, -0.1) is 0 Å². The number of phenolic OH excluding ortho intramolecular Hbond substituents is 2. The molecule has 0 heterocycles. The normalized spacial score (nSPS) is 20.0. The van der Waals surface area contributed by atoms with Crippen molar-refractivity contribution in [3.05, 3.63) is 51.6 Å². The van der Waals surface area contributed by atoms with Gasteiger partial charge in [0.05, 0.1) is 12.7 Å². The van der Waals surface area contributed by atoms with Gasteiger partial charge in [0.1, 0.15) is 6.61 Å². The smallest absolute Gasteiger partial charge is 0.201 e. The molecule has 1 unspecified atom stereocenters. The predicted octanol–water partition coefficient (Wildman–Crippen LogP) is 1.94. The van der Waals surface area contributed by atoms with Gasteiger partial charge in [0.2, 0.25) is 5.75 Å². The second kappa shape index (κ2) is 6.42. The van der Waals surface area contributed by atoms with Crippen LogP contribution >= 0.6 is 0 Å². The number of ketones is 3. The Balaban J connectivity index is 1.87. The number of hydrogen-bond acceptors (Lipinski definition) is 7. The number of ether oxygens (including phenoxy) is 1. The van der Waals surface area contributed by atoms with Crippen molar-refractivity contribution in [3.63, 3.8) is 0 Å². The number of benzene rings is 2. The fourth-order valence-corrected chi connectivity index (χ4v) is 4.29. The summed E-state index contributed by atoms with van der Waals surface area (Å²) in [4.78, 5) is 38.3. The zero-order valence-electron chi connectivity index (χ0n) is 16.0. The van der Waals surface area contributed by atoms with Crippen molar-refractivity contribution in [3.8, 4) is 17.2 Å². The van der Waals surface area contributed by atoms with Crippen molar-refractivity contribution in [2.45, 2.75) is 26.2 Å². The number of carbonyl (C=O) groups is 3. The van der Waals surface area contributed by atoms with Gasteiger partial charge in [0.15, 0.2) is 28.8 Å². The monoisotopic (exact) mass is 396 g/mol. The zero-order chi connectivity index (χ0) is 21.1. The number of phenols is 2. The molecule has 7 heteroatoms. The number of aryl methyl sites for hydroxylation is 1. The number of aromatic hydroxyl groups is 2. The second-order valence-corrected chi connectivity index (χ2v) is 7.84. The van der Waals surface area contributed by atoms with E-state index in [4.69, 9.17) is 4.74 Å². The molecule has 0 saturated carbocycles. The molecule has 29 heavy (non-hydrogen) atoms. The molecule has 3 N–H and O–H groups in total. The van der Waals surface area contributed by atoms with Crippen molar-refractivity contribution in [2.75, 3.05) is 13.7 Å². The number of carbonyl (C=O) groups excluding carboxylic acids is 3. The summed E-state index contributed by atoms with van der Waals surface area (Å²) >= 11 is 0. The number of Topliss-reactive ketones (excluding diaryl/α,β-unsaturated/α-hetero) is 1. The van der Waals surface area contributed by atoms with Crippen LogP contribution in [0.2, 0.25) is 0 Å². The number of fused-ring (bicyclic) bond motifs is 3. The first kappa shape index (κ1) is 19.1. The van der Waals surface area contributed by atoms with Gasteiger partial charge in [-0.3, -0.25) is 14.4 Å². The van der Waals surface area contributed by atoms with Crippen LogP contribution in [0, 0.1) is 5.41 Å². The van der Waals surface area contributed by atoms with E-state index in [1.807, 2.05) is 0 Å². The summed E-state index contributed by atoms with van der Waals surface area (Å²) < 4.78 is 4.99. The van der Waals surface area contributed by atoms with Crippen LogP contribution in [0.1, 0.15) is 56.3 Å². The quantitative estimate of drug-likeness (QED) is 0.579. The molecule has 2 aliphatic carbocycles. The Kier molecular flexibility index (Phi) is 4.24. The fraction of sp³-hybridized carbons (Fsp3) is 0.318. The minimum absolute atomic E-state index is 0.0420. The molecule has 1 atom stereocenters. The van der Waals surface area contributed by atoms with Gasteiger partial charge in [-0.2, -0.15) is 0 Å². The largest absolute Gasteiger partial charge is 0.504 e. The Morgan fingerprint density at radius 2 is 1.69 bits per heavy atom. The second-order valence-electron chi connectivity index (χ2n) is 7.84. The van der Waals surface area contributed by atoms with Crippen LogP contribution in [0.5, 0.6) is 17.2 Å². The molecule has 0 aromatic heterocycles. The van der Waals surface area contributed by atoms with Crippen LogP contribution in [-0.4, -0.2) is 46.4 Å². The Bertz CT molecular complexity index is 1100. The Labute approximate surface area is 166 Å². The Morgan fingerprint density at radius 3 is 2.34 bits per heavy atom. The molecule has 2 aliphatic rings. The van der Waals surface area contributed by atoms with E-state index in [0.29, 0.717) is 19.3 Å². The van der Waals surface area contributed by atoms with Gasteiger partial charge in [0.25, 0.3) is 0 Å². The van der Waals surface area contributed by atoms with E-state index >= 15 is 0 Å². The summed E-state index contributed by atoms with van der Waals surface area (Å²) in [6, 6.07) is 4.51. The van der Waals surface area contributed by atoms with E-state index in [0.717, 1.165) is 11.1 Å². The van der Waals surface area contributed by atoms with Crippen LogP contribution in [0.25, 0.3) is 0 Å². The van der Waals surface area contributed by atoms with Gasteiger partial charge in [-0.05, 0) is 48.6 Å². The molecule has 0 bridgehead atoms. The molecule has 0 spiro atoms. The van der Waals surface area contributed by atoms with Crippen LogP contribution in [0.3, 0.4) is 0 Å². The standard InChI is InChI=1S/C22H20O7/c1-22(16(24)9-23)4-3-10-5-13-12(6-11(10)8-22)18(25)14-7-15(29-2)20(27)21(28)17(14)19(13)26/h5-7,23,27-28H,3-4,8-9H2,1-2H3. The number of methoxy groups -OCH3 is 1. The third kappa shape index (κ3) is 2.65. The SMILES string of the molecule is COc1cc2c(c(O)c1O)C(=O)c1cc3c(cc1C2=O)CC(C)(C(=O)CO)CC3. The average Bonchev–Trinajstić information content (AvgIpc) is 2.72. The van der Waals surface area contributed by atoms with E-state index in [1.54, 1.807) is 19.1 Å². The number of aliphatic hydroxyl groups is 1. The van der Waals surface area contributed by atoms with E-state index in [2.05, 4.69) is 0 Å². The Morgan fingerprint density at radius 1 is 1.03 bits per heavy atom. The first-order valence-corrected chi connectivity index (χ1v) is 9.24. The lowest BCUT2D eigenvalue weighted by molar-refractivity contribution is -0.131. The minimum atomic E-state index is -0.719. The van der Waals surface area contributed by atoms with Crippen molar-refractivity contribution in [2.24, 2.45) is 5.41 Å². The average molecular weight is 396 g/mol. The van der Waals surface area contributed by atoms with Gasteiger partial charge in [0, 0.05) is 22.1 Å². The van der Waals surface area contributed by atoms with Crippen molar-refractivity contribution >= 4 is 17.3 Å². The molecule has 4 rings (SSSR count). The lowest BCUT2D eigenvalue weighted by Gasteiger charge is -2.34.